The lowest BCUT2D eigenvalue weighted by Crippen LogP contribution is -2.23. The maximum absolute atomic E-state index is 6.84. The van der Waals surface area contributed by atoms with E-state index in [0.717, 1.165) is 0 Å². The minimum absolute atomic E-state index is 0.521. The zero-order valence-corrected chi connectivity index (χ0v) is 26.8. The largest absolute Gasteiger partial charge is 0.375 e. The maximum Gasteiger partial charge on any atom is 0.0578 e. The van der Waals surface area contributed by atoms with E-state index in [1.54, 1.807) is 0 Å². The Morgan fingerprint density at radius 3 is 0.757 bits per heavy atom. The molecule has 0 spiro atoms. The van der Waals surface area contributed by atoms with Crippen molar-refractivity contribution in [2.24, 2.45) is 0 Å². The highest BCUT2D eigenvalue weighted by Gasteiger charge is 2.16. The van der Waals surface area contributed by atoms with Crippen LogP contribution in [0, 0.1) is 0 Å². The van der Waals surface area contributed by atoms with E-state index in [9.17, 15) is 0 Å². The van der Waals surface area contributed by atoms with Crippen LogP contribution >= 0.6 is 0 Å². The van der Waals surface area contributed by atoms with E-state index in [1.807, 2.05) is 0 Å². The smallest absolute Gasteiger partial charge is 0.0578 e. The van der Waals surface area contributed by atoms with E-state index < -0.39 is 0 Å². The van der Waals surface area contributed by atoms with Gasteiger partial charge in [-0.05, 0) is 25.7 Å². The summed E-state index contributed by atoms with van der Waals surface area (Å²) in [5, 5.41) is 0. The van der Waals surface area contributed by atoms with Crippen LogP contribution in [-0.4, -0.2) is 12.2 Å². The van der Waals surface area contributed by atoms with Crippen LogP contribution in [0.1, 0.15) is 220 Å². The van der Waals surface area contributed by atoms with Crippen LogP contribution in [0.5, 0.6) is 0 Å². The Balaban J connectivity index is 4.03. The predicted octanol–water partition coefficient (Wildman–Crippen LogP) is 13.5. The summed E-state index contributed by atoms with van der Waals surface area (Å²) in [5.41, 5.74) is 0. The molecule has 2 atom stereocenters. The first-order valence-corrected chi connectivity index (χ1v) is 17.9. The summed E-state index contributed by atoms with van der Waals surface area (Å²) >= 11 is 0. The van der Waals surface area contributed by atoms with Crippen molar-refractivity contribution in [2.45, 2.75) is 233 Å². The average Bonchev–Trinajstić information content (AvgIpc) is 2.91. The zero-order valence-electron chi connectivity index (χ0n) is 26.8. The molecule has 0 bridgehead atoms. The van der Waals surface area contributed by atoms with Crippen molar-refractivity contribution in [1.29, 1.82) is 0 Å². The lowest BCUT2D eigenvalue weighted by atomic mass is 10.0. The van der Waals surface area contributed by atoms with Gasteiger partial charge >= 0.3 is 0 Å². The van der Waals surface area contributed by atoms with Gasteiger partial charge in [-0.2, -0.15) is 0 Å². The van der Waals surface area contributed by atoms with Crippen molar-refractivity contribution < 1.29 is 4.74 Å². The monoisotopic (exact) mass is 523 g/mol. The highest BCUT2D eigenvalue weighted by molar-refractivity contribution is 4.66. The van der Waals surface area contributed by atoms with Crippen LogP contribution in [0.3, 0.4) is 0 Å². The van der Waals surface area contributed by atoms with Crippen LogP contribution in [0.4, 0.5) is 0 Å². The van der Waals surface area contributed by atoms with Gasteiger partial charge in [-0.25, -0.2) is 0 Å². The molecule has 0 rings (SSSR count). The standard InChI is InChI=1S/C36H74O/c1-5-9-13-15-17-19-21-23-25-27-29-33-35(31-11-7-3)37-36(32-12-8-4)34-30-28-26-24-22-20-18-16-14-10-6-2/h35-36H,5-34H2,1-4H3. The van der Waals surface area contributed by atoms with Gasteiger partial charge < -0.3 is 4.74 Å². The number of unbranched alkanes of at least 4 members (excludes halogenated alkanes) is 22. The van der Waals surface area contributed by atoms with Crippen LogP contribution in [-0.2, 0) is 4.74 Å². The second-order valence-electron chi connectivity index (χ2n) is 12.3. The fourth-order valence-electron chi connectivity index (χ4n) is 5.77. The first-order chi connectivity index (χ1) is 18.3. The number of hydrogen-bond donors (Lipinski definition) is 0. The normalized spacial score (nSPS) is 13.3. The summed E-state index contributed by atoms with van der Waals surface area (Å²) in [7, 11) is 0. The molecule has 0 fully saturated rings. The minimum Gasteiger partial charge on any atom is -0.375 e. The third kappa shape index (κ3) is 28.8. The molecule has 0 saturated carbocycles. The van der Waals surface area contributed by atoms with Gasteiger partial charge in [-0.1, -0.05) is 195 Å². The molecular formula is C36H74O. The Hall–Kier alpha value is -0.0400. The Kier molecular flexibility index (Phi) is 32.1. The molecule has 1 nitrogen and oxygen atoms in total. The van der Waals surface area contributed by atoms with E-state index in [-0.39, 0.29) is 0 Å². The van der Waals surface area contributed by atoms with E-state index in [4.69, 9.17) is 4.74 Å². The SMILES string of the molecule is CCCCCCCCCCCCCC(CCCC)OC(CCCC)CCCCCCCCCCCCC. The topological polar surface area (TPSA) is 9.23 Å². The minimum atomic E-state index is 0.521. The molecule has 0 N–H and O–H groups in total. The third-order valence-corrected chi connectivity index (χ3v) is 8.40. The van der Waals surface area contributed by atoms with Gasteiger partial charge in [-0.3, -0.25) is 0 Å². The molecular weight excluding hydrogens is 448 g/mol. The Morgan fingerprint density at radius 2 is 0.486 bits per heavy atom. The van der Waals surface area contributed by atoms with Crippen molar-refractivity contribution in [3.8, 4) is 0 Å². The molecule has 0 aromatic heterocycles. The molecule has 0 aliphatic heterocycles. The van der Waals surface area contributed by atoms with Gasteiger partial charge in [-0.15, -0.1) is 0 Å². The fraction of sp³-hybridized carbons (Fsp3) is 1.00. The van der Waals surface area contributed by atoms with Crippen molar-refractivity contribution in [3.05, 3.63) is 0 Å². The summed E-state index contributed by atoms with van der Waals surface area (Å²) in [6.45, 7) is 9.28. The first kappa shape index (κ1) is 37.0. The third-order valence-electron chi connectivity index (χ3n) is 8.40. The summed E-state index contributed by atoms with van der Waals surface area (Å²) in [6, 6.07) is 0. The molecule has 0 radical (unpaired) electrons. The molecule has 224 valence electrons. The predicted molar refractivity (Wildman–Crippen MR) is 170 cm³/mol. The fourth-order valence-corrected chi connectivity index (χ4v) is 5.77. The van der Waals surface area contributed by atoms with E-state index in [2.05, 4.69) is 27.7 Å². The van der Waals surface area contributed by atoms with Gasteiger partial charge in [0.1, 0.15) is 0 Å². The molecule has 2 unspecified atom stereocenters. The number of hydrogen-bond acceptors (Lipinski definition) is 1. The van der Waals surface area contributed by atoms with Gasteiger partial charge in [0.25, 0.3) is 0 Å². The maximum atomic E-state index is 6.84. The molecule has 0 heterocycles. The quantitative estimate of drug-likeness (QED) is 0.0798. The van der Waals surface area contributed by atoms with Crippen molar-refractivity contribution in [1.82, 2.24) is 0 Å². The van der Waals surface area contributed by atoms with E-state index >= 15 is 0 Å². The second kappa shape index (κ2) is 32.2. The molecule has 37 heavy (non-hydrogen) atoms. The van der Waals surface area contributed by atoms with Gasteiger partial charge in [0.2, 0.25) is 0 Å². The summed E-state index contributed by atoms with van der Waals surface area (Å²) in [4.78, 5) is 0. The van der Waals surface area contributed by atoms with Crippen molar-refractivity contribution in [3.63, 3.8) is 0 Å². The average molecular weight is 523 g/mol. The van der Waals surface area contributed by atoms with Crippen LogP contribution in [0.15, 0.2) is 0 Å². The lowest BCUT2D eigenvalue weighted by molar-refractivity contribution is -0.0321. The van der Waals surface area contributed by atoms with Crippen molar-refractivity contribution in [2.75, 3.05) is 0 Å². The molecule has 1 heteroatoms. The molecule has 0 saturated heterocycles. The molecule has 0 amide bonds. The Bertz CT molecular complexity index is 356. The van der Waals surface area contributed by atoms with Crippen LogP contribution < -0.4 is 0 Å². The zero-order chi connectivity index (χ0) is 27.1. The van der Waals surface area contributed by atoms with E-state index in [1.165, 1.54) is 193 Å². The van der Waals surface area contributed by atoms with Crippen LogP contribution in [0.2, 0.25) is 0 Å². The number of ether oxygens (including phenoxy) is 1. The van der Waals surface area contributed by atoms with Gasteiger partial charge in [0.05, 0.1) is 12.2 Å². The second-order valence-corrected chi connectivity index (χ2v) is 12.3. The van der Waals surface area contributed by atoms with Crippen LogP contribution in [0.25, 0.3) is 0 Å². The van der Waals surface area contributed by atoms with Gasteiger partial charge in [0.15, 0.2) is 0 Å². The summed E-state index contributed by atoms with van der Waals surface area (Å²) in [5.74, 6) is 0. The molecule has 0 aliphatic carbocycles. The Labute approximate surface area is 237 Å². The molecule has 0 aliphatic rings. The molecule has 0 aromatic carbocycles. The highest BCUT2D eigenvalue weighted by atomic mass is 16.5. The molecule has 0 aromatic rings. The Morgan fingerprint density at radius 1 is 0.270 bits per heavy atom. The van der Waals surface area contributed by atoms with Gasteiger partial charge in [0, 0.05) is 0 Å². The summed E-state index contributed by atoms with van der Waals surface area (Å²) < 4.78 is 6.84. The first-order valence-electron chi connectivity index (χ1n) is 17.9. The lowest BCUT2D eigenvalue weighted by Gasteiger charge is -2.25. The van der Waals surface area contributed by atoms with E-state index in [0.29, 0.717) is 12.2 Å². The van der Waals surface area contributed by atoms with Crippen molar-refractivity contribution >= 4 is 0 Å². The number of rotatable bonds is 32. The summed E-state index contributed by atoms with van der Waals surface area (Å²) in [6.07, 6.45) is 43.0. The highest BCUT2D eigenvalue weighted by Crippen LogP contribution is 2.22.